The smallest absolute Gasteiger partial charge is 0.411 e. The third-order valence-corrected chi connectivity index (χ3v) is 2.84. The molecule has 0 atom stereocenters. The molecule has 1 aromatic carbocycles. The van der Waals surface area contributed by atoms with Crippen molar-refractivity contribution in [2.45, 2.75) is 6.42 Å². The first-order valence-electron chi connectivity index (χ1n) is 3.97. The highest BCUT2D eigenvalue weighted by molar-refractivity contribution is 14.1. The average Bonchev–Trinajstić information content (AvgIpc) is 2.46. The van der Waals surface area contributed by atoms with Gasteiger partial charge in [-0.25, -0.2) is 4.79 Å². The summed E-state index contributed by atoms with van der Waals surface area (Å²) in [4.78, 5) is 12.2. The lowest BCUT2D eigenvalue weighted by Crippen LogP contribution is -2.26. The third-order valence-electron chi connectivity index (χ3n) is 2.17. The Morgan fingerprint density at radius 1 is 1.54 bits per heavy atom. The van der Waals surface area contributed by atoms with Crippen LogP contribution in [0.5, 0.6) is 0 Å². The first kappa shape index (κ1) is 8.80. The number of carbonyl (C=O) groups is 1. The van der Waals surface area contributed by atoms with Crippen molar-refractivity contribution in [1.82, 2.24) is 0 Å². The molecule has 0 fully saturated rings. The fourth-order valence-corrected chi connectivity index (χ4v) is 2.03. The van der Waals surface area contributed by atoms with Crippen LogP contribution in [0.2, 0.25) is 0 Å². The summed E-state index contributed by atoms with van der Waals surface area (Å²) in [5.41, 5.74) is 1.97. The van der Waals surface area contributed by atoms with Crippen molar-refractivity contribution >= 4 is 34.4 Å². The fourth-order valence-electron chi connectivity index (χ4n) is 1.55. The van der Waals surface area contributed by atoms with Gasteiger partial charge in [-0.3, -0.25) is 4.90 Å². The molecule has 13 heavy (non-hydrogen) atoms. The number of carboxylic acid groups (broad SMARTS) is 1. The van der Waals surface area contributed by atoms with Gasteiger partial charge in [0.05, 0.1) is 5.69 Å². The second-order valence-electron chi connectivity index (χ2n) is 2.96. The predicted molar refractivity (Wildman–Crippen MR) is 58.2 cm³/mol. The minimum atomic E-state index is -0.860. The first-order valence-corrected chi connectivity index (χ1v) is 5.05. The highest BCUT2D eigenvalue weighted by Gasteiger charge is 2.23. The topological polar surface area (TPSA) is 40.5 Å². The molecule has 1 amide bonds. The molecule has 1 aromatic rings. The fraction of sp³-hybridized carbons (Fsp3) is 0.222. The molecule has 4 heteroatoms. The SMILES string of the molecule is O=C(O)N1CCc2ccc(I)cc21. The maximum atomic E-state index is 10.8. The molecule has 0 bridgehead atoms. The first-order chi connectivity index (χ1) is 6.18. The molecule has 1 N–H and O–H groups in total. The molecule has 1 aliphatic rings. The lowest BCUT2D eigenvalue weighted by atomic mass is 10.2. The van der Waals surface area contributed by atoms with Crippen LogP contribution in [0.3, 0.4) is 0 Å². The van der Waals surface area contributed by atoms with E-state index in [9.17, 15) is 4.79 Å². The Morgan fingerprint density at radius 2 is 2.31 bits per heavy atom. The molecule has 0 saturated heterocycles. The van der Waals surface area contributed by atoms with Gasteiger partial charge in [0, 0.05) is 10.1 Å². The van der Waals surface area contributed by atoms with Crippen LogP contribution in [-0.2, 0) is 6.42 Å². The predicted octanol–water partition coefficient (Wildman–Crippen LogP) is 2.33. The minimum Gasteiger partial charge on any atom is -0.465 e. The molecule has 2 rings (SSSR count). The number of anilines is 1. The molecule has 0 aromatic heterocycles. The van der Waals surface area contributed by atoms with Gasteiger partial charge in [0.15, 0.2) is 0 Å². The van der Waals surface area contributed by atoms with Crippen LogP contribution in [0, 0.1) is 3.57 Å². The van der Waals surface area contributed by atoms with Crippen molar-refractivity contribution in [3.63, 3.8) is 0 Å². The van der Waals surface area contributed by atoms with Crippen LogP contribution in [0.1, 0.15) is 5.56 Å². The average molecular weight is 289 g/mol. The number of fused-ring (bicyclic) bond motifs is 1. The number of benzene rings is 1. The minimum absolute atomic E-state index is 0.588. The zero-order valence-electron chi connectivity index (χ0n) is 6.83. The summed E-state index contributed by atoms with van der Waals surface area (Å²) < 4.78 is 1.07. The second-order valence-corrected chi connectivity index (χ2v) is 4.20. The van der Waals surface area contributed by atoms with Gasteiger partial charge in [-0.2, -0.15) is 0 Å². The lowest BCUT2D eigenvalue weighted by Gasteiger charge is -2.12. The van der Waals surface area contributed by atoms with Gasteiger partial charge in [0.25, 0.3) is 0 Å². The van der Waals surface area contributed by atoms with E-state index < -0.39 is 6.09 Å². The summed E-state index contributed by atoms with van der Waals surface area (Å²) in [6.45, 7) is 0.588. The van der Waals surface area contributed by atoms with E-state index in [1.807, 2.05) is 18.2 Å². The van der Waals surface area contributed by atoms with Gasteiger partial charge in [-0.1, -0.05) is 6.07 Å². The summed E-state index contributed by atoms with van der Waals surface area (Å²) in [6.07, 6.45) is -0.0285. The summed E-state index contributed by atoms with van der Waals surface area (Å²) >= 11 is 2.19. The van der Waals surface area contributed by atoms with Crippen molar-refractivity contribution in [3.05, 3.63) is 27.3 Å². The van der Waals surface area contributed by atoms with Crippen LogP contribution in [0.15, 0.2) is 18.2 Å². The molecule has 3 nitrogen and oxygen atoms in total. The number of amides is 1. The quantitative estimate of drug-likeness (QED) is 0.745. The normalized spacial score (nSPS) is 14.4. The molecule has 68 valence electrons. The molecule has 0 aliphatic carbocycles. The van der Waals surface area contributed by atoms with Crippen LogP contribution in [0.25, 0.3) is 0 Å². The maximum Gasteiger partial charge on any atom is 0.411 e. The Balaban J connectivity index is 2.46. The Hall–Kier alpha value is -0.780. The molecule has 0 saturated carbocycles. The van der Waals surface area contributed by atoms with Crippen molar-refractivity contribution in [2.24, 2.45) is 0 Å². The number of hydrogen-bond acceptors (Lipinski definition) is 1. The highest BCUT2D eigenvalue weighted by atomic mass is 127. The zero-order valence-corrected chi connectivity index (χ0v) is 8.98. The summed E-state index contributed by atoms with van der Waals surface area (Å²) in [6, 6.07) is 5.92. The number of hydrogen-bond donors (Lipinski definition) is 1. The van der Waals surface area contributed by atoms with Gasteiger partial charge >= 0.3 is 6.09 Å². The van der Waals surface area contributed by atoms with Crippen molar-refractivity contribution in [3.8, 4) is 0 Å². The van der Waals surface area contributed by atoms with Gasteiger partial charge in [-0.15, -0.1) is 0 Å². The van der Waals surface area contributed by atoms with Crippen molar-refractivity contribution in [2.75, 3.05) is 11.4 Å². The molecule has 1 aliphatic heterocycles. The Morgan fingerprint density at radius 3 is 3.00 bits per heavy atom. The second kappa shape index (κ2) is 3.17. The van der Waals surface area contributed by atoms with Crippen LogP contribution in [0.4, 0.5) is 10.5 Å². The lowest BCUT2D eigenvalue weighted by molar-refractivity contribution is 0.202. The molecule has 1 heterocycles. The molecular formula is C9H8INO2. The van der Waals surface area contributed by atoms with E-state index in [4.69, 9.17) is 5.11 Å². The number of rotatable bonds is 0. The standard InChI is InChI=1S/C9H8INO2/c10-7-2-1-6-3-4-11(9(12)13)8(6)5-7/h1-2,5H,3-4H2,(H,12,13). The largest absolute Gasteiger partial charge is 0.465 e. The van der Waals surface area contributed by atoms with Crippen LogP contribution < -0.4 is 4.90 Å². The van der Waals surface area contributed by atoms with E-state index in [0.29, 0.717) is 6.54 Å². The van der Waals surface area contributed by atoms with E-state index in [1.165, 1.54) is 4.90 Å². The van der Waals surface area contributed by atoms with Gasteiger partial charge in [0.1, 0.15) is 0 Å². The van der Waals surface area contributed by atoms with Crippen molar-refractivity contribution in [1.29, 1.82) is 0 Å². The van der Waals surface area contributed by atoms with Gasteiger partial charge < -0.3 is 5.11 Å². The Kier molecular flexibility index (Phi) is 2.15. The number of nitrogens with zero attached hydrogens (tertiary/aromatic N) is 1. The van der Waals surface area contributed by atoms with E-state index >= 15 is 0 Å². The van der Waals surface area contributed by atoms with E-state index in [-0.39, 0.29) is 0 Å². The van der Waals surface area contributed by atoms with Crippen LogP contribution >= 0.6 is 22.6 Å². The summed E-state index contributed by atoms with van der Waals surface area (Å²) in [5, 5.41) is 8.87. The van der Waals surface area contributed by atoms with Gasteiger partial charge in [-0.05, 0) is 46.7 Å². The molecule has 0 unspecified atom stereocenters. The van der Waals surface area contributed by atoms with E-state index in [1.54, 1.807) is 0 Å². The van der Waals surface area contributed by atoms with E-state index in [2.05, 4.69) is 22.6 Å². The van der Waals surface area contributed by atoms with E-state index in [0.717, 1.165) is 21.2 Å². The monoisotopic (exact) mass is 289 g/mol. The number of halogens is 1. The molecular weight excluding hydrogens is 281 g/mol. The zero-order chi connectivity index (χ0) is 9.42. The highest BCUT2D eigenvalue weighted by Crippen LogP contribution is 2.29. The third kappa shape index (κ3) is 1.50. The summed E-state index contributed by atoms with van der Waals surface area (Å²) in [5.74, 6) is 0. The maximum absolute atomic E-state index is 10.8. The Labute approximate surface area is 89.5 Å². The van der Waals surface area contributed by atoms with Crippen LogP contribution in [-0.4, -0.2) is 17.7 Å². The Bertz CT molecular complexity index is 365. The molecule has 0 spiro atoms. The van der Waals surface area contributed by atoms with Gasteiger partial charge in [0.2, 0.25) is 0 Å². The van der Waals surface area contributed by atoms with Crippen molar-refractivity contribution < 1.29 is 9.90 Å². The summed E-state index contributed by atoms with van der Waals surface area (Å²) in [7, 11) is 0. The molecule has 0 radical (unpaired) electrons.